The maximum absolute atomic E-state index is 14.0. The quantitative estimate of drug-likeness (QED) is 0.716. The van der Waals surface area contributed by atoms with E-state index in [1.807, 2.05) is 48.2 Å². The Morgan fingerprint density at radius 3 is 2.75 bits per heavy atom. The molecule has 1 saturated heterocycles. The second kappa shape index (κ2) is 8.05. The number of carbonyl (C=O) groups is 1. The highest BCUT2D eigenvalue weighted by atomic mass is 19.1. The molecule has 146 valence electrons. The van der Waals surface area contributed by atoms with Gasteiger partial charge < -0.3 is 9.47 Å². The fraction of sp³-hybridized carbons (Fsp3) is 0.348. The number of ether oxygens (including phenoxy) is 2. The first-order chi connectivity index (χ1) is 13.6. The smallest absolute Gasteiger partial charge is 0.410 e. The molecule has 2 aliphatic rings. The topological polar surface area (TPSA) is 38.8 Å². The first-order valence-electron chi connectivity index (χ1n) is 9.77. The fourth-order valence-electron chi connectivity index (χ4n) is 4.12. The number of rotatable bonds is 5. The molecule has 2 bridgehead atoms. The predicted octanol–water partition coefficient (Wildman–Crippen LogP) is 5.18. The minimum Gasteiger partial charge on any atom is -0.494 e. The van der Waals surface area contributed by atoms with Crippen molar-refractivity contribution in [2.75, 3.05) is 6.61 Å². The zero-order valence-corrected chi connectivity index (χ0v) is 15.9. The fourth-order valence-corrected chi connectivity index (χ4v) is 4.12. The van der Waals surface area contributed by atoms with Crippen LogP contribution in [0.1, 0.15) is 37.3 Å². The van der Waals surface area contributed by atoms with Crippen molar-refractivity contribution in [2.24, 2.45) is 0 Å². The third-order valence-electron chi connectivity index (χ3n) is 5.36. The van der Waals surface area contributed by atoms with Gasteiger partial charge in [0.25, 0.3) is 0 Å². The molecular weight excluding hydrogens is 357 g/mol. The lowest BCUT2D eigenvalue weighted by Crippen LogP contribution is -2.43. The molecule has 2 atom stereocenters. The zero-order valence-electron chi connectivity index (χ0n) is 15.9. The molecule has 2 heterocycles. The standard InChI is InChI=1S/C23H24FNO3/c1-2-27-22-13-17(10-19(24)14-22)18-11-20-8-9-21(12-18)25(20)23(26)28-15-16-6-4-3-5-7-16/h3-7,10-11,13-14,20-21H,2,8-9,12,15H2,1H3. The molecule has 2 aliphatic heterocycles. The summed E-state index contributed by atoms with van der Waals surface area (Å²) in [5.74, 6) is 0.231. The Bertz CT molecular complexity index is 881. The van der Waals surface area contributed by atoms with Crippen molar-refractivity contribution in [3.63, 3.8) is 0 Å². The van der Waals surface area contributed by atoms with Gasteiger partial charge in [0.1, 0.15) is 18.2 Å². The van der Waals surface area contributed by atoms with E-state index in [-0.39, 0.29) is 30.6 Å². The Morgan fingerprint density at radius 1 is 1.18 bits per heavy atom. The summed E-state index contributed by atoms with van der Waals surface area (Å²) in [6, 6.07) is 14.6. The summed E-state index contributed by atoms with van der Waals surface area (Å²) in [4.78, 5) is 14.5. The van der Waals surface area contributed by atoms with Gasteiger partial charge in [-0.05, 0) is 55.0 Å². The van der Waals surface area contributed by atoms with Crippen LogP contribution < -0.4 is 4.74 Å². The highest BCUT2D eigenvalue weighted by molar-refractivity contribution is 5.75. The van der Waals surface area contributed by atoms with E-state index in [1.165, 1.54) is 12.1 Å². The number of nitrogens with zero attached hydrogens (tertiary/aromatic N) is 1. The van der Waals surface area contributed by atoms with Crippen molar-refractivity contribution in [1.82, 2.24) is 4.90 Å². The lowest BCUT2D eigenvalue weighted by molar-refractivity contribution is 0.0832. The van der Waals surface area contributed by atoms with Gasteiger partial charge >= 0.3 is 6.09 Å². The lowest BCUT2D eigenvalue weighted by atomic mass is 9.94. The third-order valence-corrected chi connectivity index (χ3v) is 5.36. The molecule has 0 spiro atoms. The maximum Gasteiger partial charge on any atom is 0.410 e. The minimum atomic E-state index is -0.307. The highest BCUT2D eigenvalue weighted by Gasteiger charge is 2.40. The molecule has 0 radical (unpaired) electrons. The van der Waals surface area contributed by atoms with Gasteiger partial charge in [-0.2, -0.15) is 0 Å². The Morgan fingerprint density at radius 2 is 2.00 bits per heavy atom. The molecule has 0 N–H and O–H groups in total. The van der Waals surface area contributed by atoms with Crippen molar-refractivity contribution in [1.29, 1.82) is 0 Å². The van der Waals surface area contributed by atoms with Crippen LogP contribution in [-0.2, 0) is 11.3 Å². The first kappa shape index (κ1) is 18.5. The number of carbonyl (C=O) groups excluding carboxylic acids is 1. The Kier molecular flexibility index (Phi) is 5.33. The van der Waals surface area contributed by atoms with Crippen LogP contribution in [0.25, 0.3) is 5.57 Å². The average molecular weight is 381 g/mol. The van der Waals surface area contributed by atoms with Crippen molar-refractivity contribution in [3.8, 4) is 5.75 Å². The molecule has 5 heteroatoms. The lowest BCUT2D eigenvalue weighted by Gasteiger charge is -2.33. The molecule has 4 rings (SSSR count). The third kappa shape index (κ3) is 3.88. The number of fused-ring (bicyclic) bond motifs is 2. The molecule has 0 aromatic heterocycles. The van der Waals surface area contributed by atoms with Crippen LogP contribution >= 0.6 is 0 Å². The maximum atomic E-state index is 14.0. The van der Waals surface area contributed by atoms with Crippen LogP contribution in [0.2, 0.25) is 0 Å². The number of halogens is 1. The van der Waals surface area contributed by atoms with Gasteiger partial charge in [-0.3, -0.25) is 4.90 Å². The Balaban J connectivity index is 1.48. The predicted molar refractivity (Wildman–Crippen MR) is 105 cm³/mol. The summed E-state index contributed by atoms with van der Waals surface area (Å²) in [7, 11) is 0. The van der Waals surface area contributed by atoms with E-state index in [0.29, 0.717) is 18.8 Å². The van der Waals surface area contributed by atoms with E-state index in [4.69, 9.17) is 9.47 Å². The molecule has 0 aliphatic carbocycles. The van der Waals surface area contributed by atoms with Crippen molar-refractivity contribution < 1.29 is 18.7 Å². The van der Waals surface area contributed by atoms with E-state index >= 15 is 0 Å². The average Bonchev–Trinajstić information content (AvgIpc) is 2.96. The second-order valence-corrected chi connectivity index (χ2v) is 7.25. The Hall–Kier alpha value is -2.82. The number of hydrogen-bond acceptors (Lipinski definition) is 3. The van der Waals surface area contributed by atoms with Gasteiger partial charge in [-0.1, -0.05) is 36.4 Å². The zero-order chi connectivity index (χ0) is 19.5. The molecular formula is C23H24FNO3. The molecule has 2 unspecified atom stereocenters. The normalized spacial score (nSPS) is 20.6. The van der Waals surface area contributed by atoms with Gasteiger partial charge in [0.05, 0.1) is 12.6 Å². The summed E-state index contributed by atoms with van der Waals surface area (Å²) in [6.45, 7) is 2.64. The van der Waals surface area contributed by atoms with Gasteiger partial charge in [-0.15, -0.1) is 0 Å². The SMILES string of the molecule is CCOc1cc(F)cc(C2=CC3CCC(C2)N3C(=O)OCc2ccccc2)c1. The van der Waals surface area contributed by atoms with E-state index in [1.54, 1.807) is 0 Å². The van der Waals surface area contributed by atoms with Crippen molar-refractivity contribution in [3.05, 3.63) is 71.6 Å². The molecule has 28 heavy (non-hydrogen) atoms. The molecule has 4 nitrogen and oxygen atoms in total. The number of benzene rings is 2. The van der Waals surface area contributed by atoms with Crippen LogP contribution in [0.15, 0.2) is 54.6 Å². The molecule has 2 aromatic carbocycles. The van der Waals surface area contributed by atoms with E-state index < -0.39 is 0 Å². The van der Waals surface area contributed by atoms with Gasteiger partial charge in [-0.25, -0.2) is 9.18 Å². The Labute approximate surface area is 164 Å². The van der Waals surface area contributed by atoms with E-state index in [2.05, 4.69) is 6.08 Å². The van der Waals surface area contributed by atoms with Crippen molar-refractivity contribution in [2.45, 2.75) is 44.9 Å². The van der Waals surface area contributed by atoms with Crippen LogP contribution in [-0.4, -0.2) is 29.7 Å². The van der Waals surface area contributed by atoms with Crippen LogP contribution in [0.5, 0.6) is 5.75 Å². The van der Waals surface area contributed by atoms with Crippen LogP contribution in [0.4, 0.5) is 9.18 Å². The summed E-state index contributed by atoms with van der Waals surface area (Å²) in [5, 5.41) is 0. The molecule has 2 aromatic rings. The van der Waals surface area contributed by atoms with Gasteiger partial charge in [0, 0.05) is 12.1 Å². The minimum absolute atomic E-state index is 0.00386. The summed E-state index contributed by atoms with van der Waals surface area (Å²) < 4.78 is 25.0. The summed E-state index contributed by atoms with van der Waals surface area (Å²) in [5.41, 5.74) is 2.87. The molecule has 1 fully saturated rings. The molecule has 1 amide bonds. The van der Waals surface area contributed by atoms with Crippen molar-refractivity contribution >= 4 is 11.7 Å². The van der Waals surface area contributed by atoms with Gasteiger partial charge in [0.2, 0.25) is 0 Å². The second-order valence-electron chi connectivity index (χ2n) is 7.25. The largest absolute Gasteiger partial charge is 0.494 e. The highest BCUT2D eigenvalue weighted by Crippen LogP contribution is 2.39. The monoisotopic (exact) mass is 381 g/mol. The van der Waals surface area contributed by atoms with E-state index in [0.717, 1.165) is 29.5 Å². The first-order valence-corrected chi connectivity index (χ1v) is 9.77. The van der Waals surface area contributed by atoms with E-state index in [9.17, 15) is 9.18 Å². The molecule has 0 saturated carbocycles. The summed E-state index contributed by atoms with van der Waals surface area (Å²) >= 11 is 0. The number of hydrogen-bond donors (Lipinski definition) is 0. The van der Waals surface area contributed by atoms with Crippen LogP contribution in [0.3, 0.4) is 0 Å². The number of amides is 1. The van der Waals surface area contributed by atoms with Crippen LogP contribution in [0, 0.1) is 5.82 Å². The summed E-state index contributed by atoms with van der Waals surface area (Å²) in [6.07, 6.45) is 4.34. The van der Waals surface area contributed by atoms with Gasteiger partial charge in [0.15, 0.2) is 0 Å².